The Morgan fingerprint density at radius 2 is 1.23 bits per heavy atom. The van der Waals surface area contributed by atoms with E-state index in [4.69, 9.17) is 0 Å². The van der Waals surface area contributed by atoms with Crippen molar-refractivity contribution in [3.8, 4) is 0 Å². The first-order valence-corrected chi connectivity index (χ1v) is 11.9. The molecule has 0 radical (unpaired) electrons. The Bertz CT molecular complexity index is 2000. The van der Waals surface area contributed by atoms with Gasteiger partial charge < -0.3 is 0 Å². The summed E-state index contributed by atoms with van der Waals surface area (Å²) in [5.74, 6) is 0. The predicted molar refractivity (Wildman–Crippen MR) is 136 cm³/mol. The first kappa shape index (κ1) is 16.3. The van der Waals surface area contributed by atoms with Crippen LogP contribution in [0.4, 0.5) is 0 Å². The zero-order chi connectivity index (χ0) is 20.1. The van der Waals surface area contributed by atoms with Crippen LogP contribution in [0.15, 0.2) is 85.2 Å². The highest BCUT2D eigenvalue weighted by Crippen LogP contribution is 2.43. The van der Waals surface area contributed by atoms with E-state index in [9.17, 15) is 0 Å². The molecule has 0 unspecified atom stereocenters. The molecule has 4 heterocycles. The lowest BCUT2D eigenvalue weighted by Gasteiger charge is -2.08. The third-order valence-corrected chi connectivity index (χ3v) is 8.69. The molecule has 8 rings (SSSR count). The molecular weight excluding hydrogens is 416 g/mol. The van der Waals surface area contributed by atoms with Crippen molar-refractivity contribution in [2.24, 2.45) is 0 Å². The first-order chi connectivity index (χ1) is 15.3. The molecule has 2 nitrogen and oxygen atoms in total. The van der Waals surface area contributed by atoms with Crippen molar-refractivity contribution in [3.05, 3.63) is 85.2 Å². The number of rotatable bonds is 0. The molecule has 0 saturated carbocycles. The summed E-state index contributed by atoms with van der Waals surface area (Å²) in [6.45, 7) is 0. The lowest BCUT2D eigenvalue weighted by atomic mass is 10.0. The Hall–Kier alpha value is -3.47. The van der Waals surface area contributed by atoms with Gasteiger partial charge in [-0.2, -0.15) is 0 Å². The highest BCUT2D eigenvalue weighted by Gasteiger charge is 2.14. The van der Waals surface area contributed by atoms with Crippen molar-refractivity contribution in [2.45, 2.75) is 0 Å². The summed E-state index contributed by atoms with van der Waals surface area (Å²) in [6.07, 6.45) is 3.98. The molecule has 4 aromatic heterocycles. The SMILES string of the molecule is c1ccc2c(c1)sc1cc3sc4cc5c6ccccc6c6nccn6c5cc4c3cc12. The van der Waals surface area contributed by atoms with Crippen molar-refractivity contribution in [3.63, 3.8) is 0 Å². The fraction of sp³-hybridized carbons (Fsp3) is 0. The lowest BCUT2D eigenvalue weighted by molar-refractivity contribution is 1.28. The van der Waals surface area contributed by atoms with E-state index < -0.39 is 0 Å². The molecule has 144 valence electrons. The number of hydrogen-bond acceptors (Lipinski definition) is 3. The number of fused-ring (bicyclic) bond motifs is 12. The van der Waals surface area contributed by atoms with E-state index in [0.717, 1.165) is 5.65 Å². The van der Waals surface area contributed by atoms with E-state index in [-0.39, 0.29) is 0 Å². The maximum absolute atomic E-state index is 4.66. The fourth-order valence-electron chi connectivity index (χ4n) is 5.05. The van der Waals surface area contributed by atoms with Crippen LogP contribution in [-0.4, -0.2) is 9.38 Å². The summed E-state index contributed by atoms with van der Waals surface area (Å²) < 4.78 is 7.66. The van der Waals surface area contributed by atoms with Gasteiger partial charge in [-0.05, 0) is 35.7 Å². The van der Waals surface area contributed by atoms with Crippen molar-refractivity contribution in [1.82, 2.24) is 9.38 Å². The molecule has 4 aromatic carbocycles. The Balaban J connectivity index is 1.59. The Morgan fingerprint density at radius 3 is 2.13 bits per heavy atom. The lowest BCUT2D eigenvalue weighted by Crippen LogP contribution is -1.90. The summed E-state index contributed by atoms with van der Waals surface area (Å²) >= 11 is 3.79. The second kappa shape index (κ2) is 5.61. The van der Waals surface area contributed by atoms with Crippen molar-refractivity contribution >= 4 is 90.3 Å². The molecule has 0 N–H and O–H groups in total. The summed E-state index contributed by atoms with van der Waals surface area (Å²) in [7, 11) is 0. The third-order valence-electron chi connectivity index (χ3n) is 6.45. The molecule has 31 heavy (non-hydrogen) atoms. The number of nitrogens with zero attached hydrogens (tertiary/aromatic N) is 2. The summed E-state index contributed by atoms with van der Waals surface area (Å²) in [5, 5.41) is 9.14. The third kappa shape index (κ3) is 2.04. The first-order valence-electron chi connectivity index (χ1n) is 10.3. The van der Waals surface area contributed by atoms with Gasteiger partial charge in [-0.15, -0.1) is 22.7 Å². The second-order valence-corrected chi connectivity index (χ2v) is 10.2. The van der Waals surface area contributed by atoms with Gasteiger partial charge in [0.2, 0.25) is 0 Å². The smallest absolute Gasteiger partial charge is 0.145 e. The van der Waals surface area contributed by atoms with Crippen LogP contribution in [0.1, 0.15) is 0 Å². The molecule has 8 aromatic rings. The van der Waals surface area contributed by atoms with Gasteiger partial charge in [0.05, 0.1) is 5.52 Å². The number of aromatic nitrogens is 2. The standard InChI is InChI=1S/C27H14N2S2/c1-2-7-17-15(5-1)18-13-24-21(12-22(18)29-10-9-28-27(17)29)20-11-19-16-6-3-4-8-23(16)30-25(19)14-26(20)31-24/h1-14H. The molecular formula is C27H14N2S2. The largest absolute Gasteiger partial charge is 0.299 e. The average Bonchev–Trinajstić information content (AvgIpc) is 3.51. The predicted octanol–water partition coefficient (Wildman–Crippen LogP) is 8.38. The Morgan fingerprint density at radius 1 is 0.548 bits per heavy atom. The van der Waals surface area contributed by atoms with E-state index in [0.29, 0.717) is 0 Å². The number of thiophene rings is 2. The van der Waals surface area contributed by atoms with Crippen LogP contribution >= 0.6 is 22.7 Å². The van der Waals surface area contributed by atoms with Crippen LogP contribution in [0.2, 0.25) is 0 Å². The Labute approximate surface area is 184 Å². The number of hydrogen-bond donors (Lipinski definition) is 0. The zero-order valence-corrected chi connectivity index (χ0v) is 17.9. The van der Waals surface area contributed by atoms with E-state index in [1.165, 1.54) is 62.0 Å². The van der Waals surface area contributed by atoms with Crippen LogP contribution < -0.4 is 0 Å². The van der Waals surface area contributed by atoms with Crippen LogP contribution in [0.3, 0.4) is 0 Å². The summed E-state index contributed by atoms with van der Waals surface area (Å²) in [6, 6.07) is 26.9. The van der Waals surface area contributed by atoms with Crippen LogP contribution in [0.5, 0.6) is 0 Å². The minimum Gasteiger partial charge on any atom is -0.299 e. The van der Waals surface area contributed by atoms with Gasteiger partial charge in [0.15, 0.2) is 0 Å². The maximum Gasteiger partial charge on any atom is 0.145 e. The zero-order valence-electron chi connectivity index (χ0n) is 16.3. The van der Waals surface area contributed by atoms with Gasteiger partial charge in [-0.3, -0.25) is 4.40 Å². The number of imidazole rings is 1. The van der Waals surface area contributed by atoms with Gasteiger partial charge in [-0.1, -0.05) is 42.5 Å². The minimum atomic E-state index is 1.02. The van der Waals surface area contributed by atoms with Gasteiger partial charge in [0, 0.05) is 63.5 Å². The number of pyridine rings is 1. The van der Waals surface area contributed by atoms with Gasteiger partial charge in [0.1, 0.15) is 5.65 Å². The fourth-order valence-corrected chi connectivity index (χ4v) is 7.40. The van der Waals surface area contributed by atoms with Gasteiger partial charge in [0.25, 0.3) is 0 Å². The molecule has 0 aliphatic rings. The van der Waals surface area contributed by atoms with E-state index in [1.807, 2.05) is 28.9 Å². The van der Waals surface area contributed by atoms with Crippen LogP contribution in [0, 0.1) is 0 Å². The van der Waals surface area contributed by atoms with E-state index >= 15 is 0 Å². The highest BCUT2D eigenvalue weighted by molar-refractivity contribution is 7.28. The second-order valence-electron chi connectivity index (χ2n) is 8.08. The van der Waals surface area contributed by atoms with Crippen LogP contribution in [0.25, 0.3) is 67.7 Å². The molecule has 0 atom stereocenters. The molecule has 0 amide bonds. The quantitative estimate of drug-likeness (QED) is 0.221. The average molecular weight is 431 g/mol. The minimum absolute atomic E-state index is 1.02. The topological polar surface area (TPSA) is 17.3 Å². The monoisotopic (exact) mass is 430 g/mol. The number of benzene rings is 4. The van der Waals surface area contributed by atoms with Gasteiger partial charge >= 0.3 is 0 Å². The normalized spacial score (nSPS) is 12.5. The Kier molecular flexibility index (Phi) is 2.94. The van der Waals surface area contributed by atoms with Crippen molar-refractivity contribution in [2.75, 3.05) is 0 Å². The molecule has 0 bridgehead atoms. The molecule has 0 aliphatic heterocycles. The molecule has 0 saturated heterocycles. The molecule has 4 heteroatoms. The van der Waals surface area contributed by atoms with Crippen molar-refractivity contribution < 1.29 is 0 Å². The van der Waals surface area contributed by atoms with Gasteiger partial charge in [-0.25, -0.2) is 4.98 Å². The molecule has 0 spiro atoms. The molecule has 0 aliphatic carbocycles. The van der Waals surface area contributed by atoms with E-state index in [1.54, 1.807) is 0 Å². The maximum atomic E-state index is 4.66. The van der Waals surface area contributed by atoms with Crippen LogP contribution in [-0.2, 0) is 0 Å². The van der Waals surface area contributed by atoms with Crippen molar-refractivity contribution in [1.29, 1.82) is 0 Å². The highest BCUT2D eigenvalue weighted by atomic mass is 32.1. The van der Waals surface area contributed by atoms with E-state index in [2.05, 4.69) is 88.4 Å². The molecule has 0 fully saturated rings. The summed E-state index contributed by atoms with van der Waals surface area (Å²) in [4.78, 5) is 4.66. The summed E-state index contributed by atoms with van der Waals surface area (Å²) in [5.41, 5.74) is 2.24.